The van der Waals surface area contributed by atoms with Crippen molar-refractivity contribution >= 4 is 34.8 Å². The minimum atomic E-state index is -0.610. The Kier molecular flexibility index (Phi) is 5.91. The van der Waals surface area contributed by atoms with Gasteiger partial charge in [-0.25, -0.2) is 0 Å². The third-order valence-electron chi connectivity index (χ3n) is 2.47. The van der Waals surface area contributed by atoms with Crippen LogP contribution in [0.3, 0.4) is 0 Å². The maximum Gasteiger partial charge on any atom is 0.131 e. The van der Waals surface area contributed by atoms with Gasteiger partial charge in [0, 0.05) is 6.61 Å². The lowest BCUT2D eigenvalue weighted by Gasteiger charge is -2.20. The van der Waals surface area contributed by atoms with Crippen molar-refractivity contribution in [1.29, 1.82) is 0 Å². The van der Waals surface area contributed by atoms with E-state index in [1.54, 1.807) is 0 Å². The molecule has 84 valence electrons. The molecule has 0 N–H and O–H groups in total. The van der Waals surface area contributed by atoms with E-state index < -0.39 is 4.33 Å². The summed E-state index contributed by atoms with van der Waals surface area (Å²) in [6.45, 7) is 0.756. The second kappa shape index (κ2) is 6.42. The third-order valence-corrected chi connectivity index (χ3v) is 3.57. The molecular weight excluding hydrogens is 242 g/mol. The van der Waals surface area contributed by atoms with Crippen LogP contribution < -0.4 is 0 Å². The van der Waals surface area contributed by atoms with Crippen LogP contribution >= 0.6 is 34.8 Å². The Morgan fingerprint density at radius 2 is 1.71 bits per heavy atom. The molecule has 0 aromatic carbocycles. The van der Waals surface area contributed by atoms with Gasteiger partial charge in [0.05, 0.1) is 0 Å². The average Bonchev–Trinajstić information content (AvgIpc) is 2.15. The van der Waals surface area contributed by atoms with Crippen molar-refractivity contribution in [2.75, 3.05) is 6.61 Å². The second-order valence-corrected chi connectivity index (χ2v) is 5.97. The second-order valence-electron chi connectivity index (χ2n) is 3.84. The van der Waals surface area contributed by atoms with Crippen molar-refractivity contribution < 1.29 is 4.74 Å². The summed E-state index contributed by atoms with van der Waals surface area (Å²) >= 11 is 18.2. The molecule has 0 bridgehead atoms. The van der Waals surface area contributed by atoms with Crippen molar-refractivity contribution in [1.82, 2.24) is 0 Å². The van der Waals surface area contributed by atoms with Crippen molar-refractivity contribution in [2.24, 2.45) is 0 Å². The van der Waals surface area contributed by atoms with Crippen molar-refractivity contribution in [3.8, 4) is 0 Å². The maximum atomic E-state index is 6.14. The van der Waals surface area contributed by atoms with Gasteiger partial charge in [-0.1, -0.05) is 30.9 Å². The third kappa shape index (κ3) is 5.65. The monoisotopic (exact) mass is 258 g/mol. The summed E-state index contributed by atoms with van der Waals surface area (Å²) in [5.41, 5.74) is -0.232. The maximum absolute atomic E-state index is 6.14. The van der Waals surface area contributed by atoms with E-state index in [9.17, 15) is 0 Å². The fraction of sp³-hybridized carbons (Fsp3) is 1.00. The van der Waals surface area contributed by atoms with Crippen molar-refractivity contribution in [2.45, 2.75) is 54.8 Å². The molecule has 1 saturated heterocycles. The fourth-order valence-electron chi connectivity index (χ4n) is 1.58. The molecule has 0 spiro atoms. The van der Waals surface area contributed by atoms with Gasteiger partial charge in [0.2, 0.25) is 0 Å². The Bertz CT molecular complexity index is 161. The zero-order valence-electron chi connectivity index (χ0n) is 8.28. The first-order valence-electron chi connectivity index (χ1n) is 5.24. The average molecular weight is 260 g/mol. The van der Waals surface area contributed by atoms with Gasteiger partial charge in [-0.05, 0) is 25.7 Å². The topological polar surface area (TPSA) is 9.23 Å². The fourth-order valence-corrected chi connectivity index (χ4v) is 2.27. The molecule has 0 radical (unpaired) electrons. The number of ether oxygens (including phenoxy) is 1. The quantitative estimate of drug-likeness (QED) is 0.583. The zero-order valence-corrected chi connectivity index (χ0v) is 10.5. The van der Waals surface area contributed by atoms with E-state index in [2.05, 4.69) is 0 Å². The largest absolute Gasteiger partial charge is 0.362 e. The molecule has 1 unspecified atom stereocenters. The van der Waals surface area contributed by atoms with Gasteiger partial charge in [0.1, 0.15) is 9.90 Å². The van der Waals surface area contributed by atoms with Crippen LogP contribution in [0.4, 0.5) is 0 Å². The normalized spacial score (nSPS) is 30.6. The summed E-state index contributed by atoms with van der Waals surface area (Å²) < 4.78 is 4.81. The Balaban J connectivity index is 2.38. The Morgan fingerprint density at radius 3 is 2.50 bits per heavy atom. The van der Waals surface area contributed by atoms with Crippen LogP contribution in [-0.4, -0.2) is 16.5 Å². The Labute approximate surface area is 101 Å². The van der Waals surface area contributed by atoms with Gasteiger partial charge in [-0.2, -0.15) is 0 Å². The molecule has 0 amide bonds. The van der Waals surface area contributed by atoms with Gasteiger partial charge < -0.3 is 4.74 Å². The van der Waals surface area contributed by atoms with Crippen LogP contribution in [0.2, 0.25) is 0 Å². The van der Waals surface area contributed by atoms with Crippen LogP contribution in [-0.2, 0) is 4.74 Å². The van der Waals surface area contributed by atoms with Gasteiger partial charge in [-0.3, -0.25) is 0 Å². The van der Waals surface area contributed by atoms with E-state index in [0.29, 0.717) is 6.42 Å². The Morgan fingerprint density at radius 1 is 1.00 bits per heavy atom. The van der Waals surface area contributed by atoms with Gasteiger partial charge >= 0.3 is 0 Å². The van der Waals surface area contributed by atoms with E-state index in [0.717, 1.165) is 32.3 Å². The predicted octanol–water partition coefficient (Wildman–Crippen LogP) is 4.49. The molecule has 14 heavy (non-hydrogen) atoms. The lowest BCUT2D eigenvalue weighted by atomic mass is 10.1. The van der Waals surface area contributed by atoms with Crippen LogP contribution in [0.1, 0.15) is 44.9 Å². The van der Waals surface area contributed by atoms with Gasteiger partial charge in [-0.15, -0.1) is 23.2 Å². The van der Waals surface area contributed by atoms with E-state index in [4.69, 9.17) is 39.5 Å². The lowest BCUT2D eigenvalue weighted by molar-refractivity contribution is 0.0973. The van der Waals surface area contributed by atoms with Crippen LogP contribution in [0.25, 0.3) is 0 Å². The van der Waals surface area contributed by atoms with Crippen molar-refractivity contribution in [3.63, 3.8) is 0 Å². The molecule has 0 aromatic rings. The SMILES string of the molecule is ClC1CCC(Cl)(Cl)CCCCCCO1. The molecule has 0 aromatic heterocycles. The molecule has 1 atom stereocenters. The lowest BCUT2D eigenvalue weighted by Crippen LogP contribution is -2.16. The minimum absolute atomic E-state index is 0.232. The van der Waals surface area contributed by atoms with Crippen LogP contribution in [0, 0.1) is 0 Å². The zero-order chi connectivity index (χ0) is 10.4. The minimum Gasteiger partial charge on any atom is -0.362 e. The summed E-state index contributed by atoms with van der Waals surface area (Å²) in [7, 11) is 0. The standard InChI is InChI=1S/C10H17Cl3O/c11-9-5-7-10(12,13)6-3-1-2-4-8-14-9/h9H,1-8H2. The highest BCUT2D eigenvalue weighted by atomic mass is 35.5. The highest BCUT2D eigenvalue weighted by Crippen LogP contribution is 2.34. The summed E-state index contributed by atoms with van der Waals surface area (Å²) in [6, 6.07) is 0. The molecule has 0 aliphatic carbocycles. The van der Waals surface area contributed by atoms with Gasteiger partial charge in [0.15, 0.2) is 0 Å². The first kappa shape index (κ1) is 12.9. The predicted molar refractivity (Wildman–Crippen MR) is 62.3 cm³/mol. The summed E-state index contributed by atoms with van der Waals surface area (Å²) in [4.78, 5) is 0. The van der Waals surface area contributed by atoms with E-state index >= 15 is 0 Å². The summed E-state index contributed by atoms with van der Waals surface area (Å²) in [6.07, 6.45) is 6.84. The van der Waals surface area contributed by atoms with Gasteiger partial charge in [0.25, 0.3) is 0 Å². The number of hydrogen-bond acceptors (Lipinski definition) is 1. The van der Waals surface area contributed by atoms with E-state index in [1.165, 1.54) is 12.8 Å². The smallest absolute Gasteiger partial charge is 0.131 e. The number of rotatable bonds is 0. The molecule has 1 nitrogen and oxygen atoms in total. The molecule has 1 fully saturated rings. The highest BCUT2D eigenvalue weighted by molar-refractivity contribution is 6.48. The summed E-state index contributed by atoms with van der Waals surface area (Å²) in [5.74, 6) is 0. The van der Waals surface area contributed by atoms with E-state index in [1.807, 2.05) is 0 Å². The van der Waals surface area contributed by atoms with Crippen molar-refractivity contribution in [3.05, 3.63) is 0 Å². The van der Waals surface area contributed by atoms with E-state index in [-0.39, 0.29) is 5.56 Å². The molecule has 0 saturated carbocycles. The number of hydrogen-bond donors (Lipinski definition) is 0. The molecular formula is C10H17Cl3O. The molecule has 4 heteroatoms. The molecule has 1 aliphatic rings. The molecule has 1 heterocycles. The van der Waals surface area contributed by atoms with Crippen LogP contribution in [0.5, 0.6) is 0 Å². The summed E-state index contributed by atoms with van der Waals surface area (Å²) in [5, 5.41) is 0. The highest BCUT2D eigenvalue weighted by Gasteiger charge is 2.24. The molecule has 1 rings (SSSR count). The number of alkyl halides is 3. The number of halogens is 3. The van der Waals surface area contributed by atoms with Crippen LogP contribution in [0.15, 0.2) is 0 Å². The first-order valence-corrected chi connectivity index (χ1v) is 6.43. The first-order chi connectivity index (χ1) is 6.60. The molecule has 1 aliphatic heterocycles. The Hall–Kier alpha value is 0.830.